The summed E-state index contributed by atoms with van der Waals surface area (Å²) in [6.45, 7) is 1.85. The summed E-state index contributed by atoms with van der Waals surface area (Å²) in [7, 11) is -3.72. The van der Waals surface area contributed by atoms with Gasteiger partial charge in [0.15, 0.2) is 0 Å². The lowest BCUT2D eigenvalue weighted by Crippen LogP contribution is -2.13. The number of hydrogen-bond acceptors (Lipinski definition) is 3. The number of benzene rings is 1. The first-order valence-corrected chi connectivity index (χ1v) is 7.53. The molecule has 1 heterocycles. The van der Waals surface area contributed by atoms with Crippen LogP contribution in [0.3, 0.4) is 0 Å². The molecular weight excluding hydrogens is 307 g/mol. The molecule has 0 radical (unpaired) electrons. The van der Waals surface area contributed by atoms with Crippen LogP contribution in [0.25, 0.3) is 0 Å². The van der Waals surface area contributed by atoms with Crippen LogP contribution >= 0.6 is 23.2 Å². The minimum atomic E-state index is -3.72. The number of hydrogen-bond donors (Lipinski definition) is 1. The molecule has 1 aromatic heterocycles. The molecule has 0 unspecified atom stereocenters. The Hall–Kier alpha value is -1.30. The van der Waals surface area contributed by atoms with Gasteiger partial charge in [-0.3, -0.25) is 4.72 Å². The minimum Gasteiger partial charge on any atom is -0.263 e. The quantitative estimate of drug-likeness (QED) is 0.942. The van der Waals surface area contributed by atoms with Crippen LogP contribution in [0.15, 0.2) is 41.4 Å². The molecule has 100 valence electrons. The summed E-state index contributed by atoms with van der Waals surface area (Å²) in [5.41, 5.74) is 0.904. The van der Waals surface area contributed by atoms with Crippen molar-refractivity contribution in [2.24, 2.45) is 0 Å². The number of nitrogens with one attached hydrogen (secondary N) is 1. The molecule has 0 amide bonds. The van der Waals surface area contributed by atoms with Crippen LogP contribution in [-0.4, -0.2) is 13.4 Å². The molecule has 0 atom stereocenters. The van der Waals surface area contributed by atoms with Crippen LogP contribution in [-0.2, 0) is 10.0 Å². The molecule has 0 spiro atoms. The molecular formula is C12H10Cl2N2O2S. The lowest BCUT2D eigenvalue weighted by atomic mass is 10.3. The highest BCUT2D eigenvalue weighted by Gasteiger charge is 2.16. The zero-order valence-corrected chi connectivity index (χ0v) is 12.2. The maximum atomic E-state index is 12.1. The van der Waals surface area contributed by atoms with Crippen molar-refractivity contribution in [3.05, 3.63) is 52.1 Å². The Labute approximate surface area is 121 Å². The smallest absolute Gasteiger partial charge is 0.263 e. The fourth-order valence-corrected chi connectivity index (χ4v) is 2.82. The second kappa shape index (κ2) is 5.36. The SMILES string of the molecule is Cc1ccnc(NS(=O)(=O)c2ccc(Cl)c(Cl)c2)c1. The number of nitrogens with zero attached hydrogens (tertiary/aromatic N) is 1. The summed E-state index contributed by atoms with van der Waals surface area (Å²) in [6.07, 6.45) is 1.53. The molecule has 7 heteroatoms. The number of sulfonamides is 1. The van der Waals surface area contributed by atoms with Gasteiger partial charge in [-0.15, -0.1) is 0 Å². The van der Waals surface area contributed by atoms with E-state index in [9.17, 15) is 8.42 Å². The van der Waals surface area contributed by atoms with Gasteiger partial charge in [-0.2, -0.15) is 0 Å². The molecule has 4 nitrogen and oxygen atoms in total. The third-order valence-electron chi connectivity index (χ3n) is 2.36. The third kappa shape index (κ3) is 3.37. The van der Waals surface area contributed by atoms with E-state index in [-0.39, 0.29) is 15.7 Å². The van der Waals surface area contributed by atoms with Crippen molar-refractivity contribution in [2.45, 2.75) is 11.8 Å². The highest BCUT2D eigenvalue weighted by atomic mass is 35.5. The molecule has 1 aromatic carbocycles. The Bertz CT molecular complexity index is 717. The van der Waals surface area contributed by atoms with E-state index >= 15 is 0 Å². The number of aromatic nitrogens is 1. The first kappa shape index (κ1) is 14.1. The zero-order chi connectivity index (χ0) is 14.0. The van der Waals surface area contributed by atoms with Crippen LogP contribution < -0.4 is 4.72 Å². The van der Waals surface area contributed by atoms with E-state index in [0.717, 1.165) is 5.56 Å². The normalized spacial score (nSPS) is 11.3. The fraction of sp³-hybridized carbons (Fsp3) is 0.0833. The van der Waals surface area contributed by atoms with Crippen molar-refractivity contribution in [2.75, 3.05) is 4.72 Å². The van der Waals surface area contributed by atoms with Gasteiger partial charge in [0, 0.05) is 6.20 Å². The lowest BCUT2D eigenvalue weighted by Gasteiger charge is -2.08. The lowest BCUT2D eigenvalue weighted by molar-refractivity contribution is 0.601. The highest BCUT2D eigenvalue weighted by Crippen LogP contribution is 2.25. The summed E-state index contributed by atoms with van der Waals surface area (Å²) in [5.74, 6) is 0.256. The van der Waals surface area contributed by atoms with Crippen molar-refractivity contribution in [1.82, 2.24) is 4.98 Å². The minimum absolute atomic E-state index is 0.0326. The standard InChI is InChI=1S/C12H10Cl2N2O2S/c1-8-4-5-15-12(6-8)16-19(17,18)9-2-3-10(13)11(14)7-9/h2-7H,1H3,(H,15,16). The highest BCUT2D eigenvalue weighted by molar-refractivity contribution is 7.92. The Morgan fingerprint density at radius 3 is 2.47 bits per heavy atom. The summed E-state index contributed by atoms with van der Waals surface area (Å²) in [5, 5.41) is 0.482. The maximum Gasteiger partial charge on any atom is 0.263 e. The second-order valence-corrected chi connectivity index (χ2v) is 6.40. The summed E-state index contributed by atoms with van der Waals surface area (Å²) < 4.78 is 26.6. The Morgan fingerprint density at radius 1 is 1.11 bits per heavy atom. The maximum absolute atomic E-state index is 12.1. The van der Waals surface area contributed by atoms with E-state index in [1.807, 2.05) is 6.92 Å². The van der Waals surface area contributed by atoms with Crippen molar-refractivity contribution in [3.63, 3.8) is 0 Å². The molecule has 0 saturated carbocycles. The van der Waals surface area contributed by atoms with Gasteiger partial charge in [0.1, 0.15) is 5.82 Å². The number of aryl methyl sites for hydroxylation is 1. The van der Waals surface area contributed by atoms with Crippen LogP contribution in [0.4, 0.5) is 5.82 Å². The number of pyridine rings is 1. The van der Waals surface area contributed by atoms with E-state index in [1.54, 1.807) is 12.1 Å². The van der Waals surface area contributed by atoms with Gasteiger partial charge >= 0.3 is 0 Å². The Kier molecular flexibility index (Phi) is 3.99. The summed E-state index contributed by atoms with van der Waals surface area (Å²) >= 11 is 11.6. The van der Waals surface area contributed by atoms with Gasteiger partial charge in [0.05, 0.1) is 14.9 Å². The molecule has 0 aliphatic heterocycles. The van der Waals surface area contributed by atoms with E-state index in [1.165, 1.54) is 24.4 Å². The van der Waals surface area contributed by atoms with Gasteiger partial charge in [-0.05, 0) is 42.8 Å². The predicted molar refractivity (Wildman–Crippen MR) is 76.2 cm³/mol. The summed E-state index contributed by atoms with van der Waals surface area (Å²) in [6, 6.07) is 7.52. The molecule has 0 bridgehead atoms. The van der Waals surface area contributed by atoms with Crippen molar-refractivity contribution >= 4 is 39.0 Å². The van der Waals surface area contributed by atoms with Crippen LogP contribution in [0.1, 0.15) is 5.56 Å². The number of halogens is 2. The van der Waals surface area contributed by atoms with Crippen LogP contribution in [0.2, 0.25) is 10.0 Å². The molecule has 2 rings (SSSR count). The van der Waals surface area contributed by atoms with E-state index < -0.39 is 10.0 Å². The fourth-order valence-electron chi connectivity index (χ4n) is 1.43. The zero-order valence-electron chi connectivity index (χ0n) is 9.89. The molecule has 0 aliphatic carbocycles. The molecule has 0 aliphatic rings. The largest absolute Gasteiger partial charge is 0.263 e. The molecule has 2 aromatic rings. The van der Waals surface area contributed by atoms with Crippen LogP contribution in [0.5, 0.6) is 0 Å². The number of rotatable bonds is 3. The second-order valence-electron chi connectivity index (χ2n) is 3.90. The van der Waals surface area contributed by atoms with E-state index in [2.05, 4.69) is 9.71 Å². The van der Waals surface area contributed by atoms with E-state index in [4.69, 9.17) is 23.2 Å². The van der Waals surface area contributed by atoms with Crippen molar-refractivity contribution < 1.29 is 8.42 Å². The van der Waals surface area contributed by atoms with Crippen molar-refractivity contribution in [3.8, 4) is 0 Å². The van der Waals surface area contributed by atoms with E-state index in [0.29, 0.717) is 5.02 Å². The van der Waals surface area contributed by atoms with Gasteiger partial charge in [-0.1, -0.05) is 23.2 Å². The average molecular weight is 317 g/mol. The summed E-state index contributed by atoms with van der Waals surface area (Å²) in [4.78, 5) is 3.97. The first-order valence-electron chi connectivity index (χ1n) is 5.29. The third-order valence-corrected chi connectivity index (χ3v) is 4.45. The predicted octanol–water partition coefficient (Wildman–Crippen LogP) is 3.50. The van der Waals surface area contributed by atoms with Crippen LogP contribution in [0, 0.1) is 6.92 Å². The number of anilines is 1. The molecule has 19 heavy (non-hydrogen) atoms. The average Bonchev–Trinajstić information content (AvgIpc) is 2.32. The molecule has 0 fully saturated rings. The van der Waals surface area contributed by atoms with Crippen molar-refractivity contribution in [1.29, 1.82) is 0 Å². The Balaban J connectivity index is 2.35. The molecule has 1 N–H and O–H groups in total. The van der Waals surface area contributed by atoms with Gasteiger partial charge in [0.2, 0.25) is 0 Å². The van der Waals surface area contributed by atoms with Gasteiger partial charge < -0.3 is 0 Å². The monoisotopic (exact) mass is 316 g/mol. The molecule has 0 saturated heterocycles. The topological polar surface area (TPSA) is 59.1 Å². The Morgan fingerprint density at radius 2 is 1.84 bits per heavy atom. The van der Waals surface area contributed by atoms with Gasteiger partial charge in [-0.25, -0.2) is 13.4 Å². The first-order chi connectivity index (χ1) is 8.88. The van der Waals surface area contributed by atoms with Gasteiger partial charge in [0.25, 0.3) is 10.0 Å².